The number of hydrogen-bond donors (Lipinski definition) is 2. The van der Waals surface area contributed by atoms with E-state index in [1.54, 1.807) is 12.1 Å². The molecule has 1 aliphatic rings. The highest BCUT2D eigenvalue weighted by Crippen LogP contribution is 2.34. The number of benzene rings is 1. The van der Waals surface area contributed by atoms with Gasteiger partial charge in [0.2, 0.25) is 5.91 Å². The summed E-state index contributed by atoms with van der Waals surface area (Å²) in [4.78, 5) is 11.6. The first kappa shape index (κ1) is 12.0. The van der Waals surface area contributed by atoms with E-state index in [1.807, 2.05) is 0 Å². The third-order valence-corrected chi connectivity index (χ3v) is 3.11. The fourth-order valence-corrected chi connectivity index (χ4v) is 1.74. The van der Waals surface area contributed by atoms with Gasteiger partial charge in [0, 0.05) is 6.42 Å². The van der Waals surface area contributed by atoms with Crippen LogP contribution in [-0.2, 0) is 11.2 Å². The summed E-state index contributed by atoms with van der Waals surface area (Å²) in [6.45, 7) is 0.00921. The smallest absolute Gasteiger partial charge is 0.220 e. The molecule has 0 atom stereocenters. The molecule has 0 radical (unpaired) electrons. The van der Waals surface area contributed by atoms with E-state index >= 15 is 0 Å². The number of carbonyl (C=O) groups is 1. The number of carbonyl (C=O) groups excluding carboxylic acids is 1. The van der Waals surface area contributed by atoms with E-state index < -0.39 is 0 Å². The van der Waals surface area contributed by atoms with Gasteiger partial charge in [-0.3, -0.25) is 4.79 Å². The highest BCUT2D eigenvalue weighted by Gasteiger charge is 2.43. The minimum absolute atomic E-state index is 0.00921. The molecule has 17 heavy (non-hydrogen) atoms. The monoisotopic (exact) mass is 237 g/mol. The maximum atomic E-state index is 12.7. The Balaban J connectivity index is 1.78. The molecule has 1 aromatic rings. The zero-order valence-electron chi connectivity index (χ0n) is 9.58. The Kier molecular flexibility index (Phi) is 3.43. The Morgan fingerprint density at radius 3 is 2.53 bits per heavy atom. The van der Waals surface area contributed by atoms with Crippen LogP contribution in [0.1, 0.15) is 24.8 Å². The van der Waals surface area contributed by atoms with Crippen LogP contribution in [0.4, 0.5) is 4.39 Å². The minimum Gasteiger partial charge on any atom is -0.394 e. The summed E-state index contributed by atoms with van der Waals surface area (Å²) in [5, 5.41) is 11.9. The number of aryl methyl sites for hydroxylation is 1. The quantitative estimate of drug-likeness (QED) is 0.813. The van der Waals surface area contributed by atoms with Crippen LogP contribution < -0.4 is 5.32 Å². The largest absolute Gasteiger partial charge is 0.394 e. The van der Waals surface area contributed by atoms with E-state index in [0.29, 0.717) is 12.8 Å². The van der Waals surface area contributed by atoms with Crippen LogP contribution in [0.25, 0.3) is 0 Å². The van der Waals surface area contributed by atoms with Gasteiger partial charge < -0.3 is 10.4 Å². The summed E-state index contributed by atoms with van der Waals surface area (Å²) >= 11 is 0. The lowest BCUT2D eigenvalue weighted by Crippen LogP contribution is -2.39. The van der Waals surface area contributed by atoms with Crippen LogP contribution in [0.2, 0.25) is 0 Å². The summed E-state index contributed by atoms with van der Waals surface area (Å²) in [5.74, 6) is -0.323. The molecule has 1 saturated carbocycles. The first-order chi connectivity index (χ1) is 8.13. The molecule has 0 aliphatic heterocycles. The maximum Gasteiger partial charge on any atom is 0.220 e. The average Bonchev–Trinajstić information content (AvgIpc) is 3.09. The molecule has 0 unspecified atom stereocenters. The van der Waals surface area contributed by atoms with Crippen LogP contribution in [0.3, 0.4) is 0 Å². The highest BCUT2D eigenvalue weighted by atomic mass is 19.1. The van der Waals surface area contributed by atoms with Gasteiger partial charge in [0.1, 0.15) is 5.82 Å². The van der Waals surface area contributed by atoms with Crippen molar-refractivity contribution in [3.8, 4) is 0 Å². The van der Waals surface area contributed by atoms with Crippen molar-refractivity contribution in [2.24, 2.45) is 0 Å². The summed E-state index contributed by atoms with van der Waals surface area (Å²) < 4.78 is 12.7. The Morgan fingerprint density at radius 1 is 1.35 bits per heavy atom. The molecule has 4 heteroatoms. The van der Waals surface area contributed by atoms with Crippen molar-refractivity contribution in [3.05, 3.63) is 35.6 Å². The number of aliphatic hydroxyl groups excluding tert-OH is 1. The Bertz CT molecular complexity index is 398. The summed E-state index contributed by atoms with van der Waals surface area (Å²) in [5.41, 5.74) is 0.593. The van der Waals surface area contributed by atoms with Crippen LogP contribution in [0.15, 0.2) is 24.3 Å². The molecule has 1 fully saturated rings. The van der Waals surface area contributed by atoms with Crippen LogP contribution in [0.5, 0.6) is 0 Å². The van der Waals surface area contributed by atoms with E-state index in [0.717, 1.165) is 18.4 Å². The second-order valence-corrected chi connectivity index (χ2v) is 4.61. The first-order valence-electron chi connectivity index (χ1n) is 5.80. The topological polar surface area (TPSA) is 49.3 Å². The zero-order chi connectivity index (χ0) is 12.3. The lowest BCUT2D eigenvalue weighted by Gasteiger charge is -2.13. The molecule has 0 bridgehead atoms. The fourth-order valence-electron chi connectivity index (χ4n) is 1.74. The molecule has 2 N–H and O–H groups in total. The van der Waals surface area contributed by atoms with Gasteiger partial charge in [0.05, 0.1) is 12.1 Å². The third-order valence-electron chi connectivity index (χ3n) is 3.11. The highest BCUT2D eigenvalue weighted by molar-refractivity contribution is 5.77. The predicted octanol–water partition coefficient (Wildman–Crippen LogP) is 1.40. The lowest BCUT2D eigenvalue weighted by atomic mass is 10.1. The van der Waals surface area contributed by atoms with Crippen molar-refractivity contribution in [2.45, 2.75) is 31.2 Å². The molecule has 92 valence electrons. The van der Waals surface area contributed by atoms with Gasteiger partial charge in [0.25, 0.3) is 0 Å². The maximum absolute atomic E-state index is 12.7. The number of rotatable bonds is 5. The van der Waals surface area contributed by atoms with Gasteiger partial charge >= 0.3 is 0 Å². The van der Waals surface area contributed by atoms with Gasteiger partial charge in [-0.15, -0.1) is 0 Å². The Labute approximate surface area is 99.7 Å². The number of aliphatic hydroxyl groups is 1. The number of amides is 1. The van der Waals surface area contributed by atoms with Crippen LogP contribution in [-0.4, -0.2) is 23.2 Å². The SMILES string of the molecule is O=C(CCc1ccc(F)cc1)NC1(CO)CC1. The van der Waals surface area contributed by atoms with Gasteiger partial charge in [0.15, 0.2) is 0 Å². The van der Waals surface area contributed by atoms with Gasteiger partial charge in [-0.1, -0.05) is 12.1 Å². The normalized spacial score (nSPS) is 16.6. The van der Waals surface area contributed by atoms with E-state index in [9.17, 15) is 9.18 Å². The number of nitrogens with one attached hydrogen (secondary N) is 1. The van der Waals surface area contributed by atoms with E-state index in [2.05, 4.69) is 5.32 Å². The number of halogens is 1. The molecule has 0 saturated heterocycles. The van der Waals surface area contributed by atoms with Crippen molar-refractivity contribution >= 4 is 5.91 Å². The predicted molar refractivity (Wildman–Crippen MR) is 61.9 cm³/mol. The second-order valence-electron chi connectivity index (χ2n) is 4.61. The second kappa shape index (κ2) is 4.84. The molecular weight excluding hydrogens is 221 g/mol. The third kappa shape index (κ3) is 3.27. The molecule has 2 rings (SSSR count). The van der Waals surface area contributed by atoms with Crippen molar-refractivity contribution < 1.29 is 14.3 Å². The molecule has 3 nitrogen and oxygen atoms in total. The number of hydrogen-bond acceptors (Lipinski definition) is 2. The van der Waals surface area contributed by atoms with E-state index in [4.69, 9.17) is 5.11 Å². The van der Waals surface area contributed by atoms with Gasteiger partial charge in [-0.25, -0.2) is 4.39 Å². The zero-order valence-corrected chi connectivity index (χ0v) is 9.58. The Morgan fingerprint density at radius 2 is 2.00 bits per heavy atom. The minimum atomic E-state index is -0.347. The average molecular weight is 237 g/mol. The van der Waals surface area contributed by atoms with Crippen molar-refractivity contribution in [1.82, 2.24) is 5.32 Å². The summed E-state index contributed by atoms with van der Waals surface area (Å²) in [6, 6.07) is 6.15. The van der Waals surface area contributed by atoms with Crippen LogP contribution >= 0.6 is 0 Å². The standard InChI is InChI=1S/C13H16FNO2/c14-11-4-1-10(2-5-11)3-6-12(17)15-13(9-16)7-8-13/h1-2,4-5,16H,3,6-9H2,(H,15,17). The van der Waals surface area contributed by atoms with Gasteiger partial charge in [-0.05, 0) is 37.0 Å². The lowest BCUT2D eigenvalue weighted by molar-refractivity contribution is -0.122. The van der Waals surface area contributed by atoms with E-state index in [-0.39, 0.29) is 23.9 Å². The fraction of sp³-hybridized carbons (Fsp3) is 0.462. The molecule has 1 aliphatic carbocycles. The summed E-state index contributed by atoms with van der Waals surface area (Å²) in [6.07, 6.45) is 2.67. The molecule has 0 heterocycles. The molecule has 0 aromatic heterocycles. The Hall–Kier alpha value is -1.42. The van der Waals surface area contributed by atoms with Crippen molar-refractivity contribution in [3.63, 3.8) is 0 Å². The van der Waals surface area contributed by atoms with Crippen LogP contribution in [0, 0.1) is 5.82 Å². The molecule has 1 amide bonds. The molecular formula is C13H16FNO2. The molecule has 0 spiro atoms. The van der Waals surface area contributed by atoms with Gasteiger partial charge in [-0.2, -0.15) is 0 Å². The van der Waals surface area contributed by atoms with Crippen molar-refractivity contribution in [1.29, 1.82) is 0 Å². The van der Waals surface area contributed by atoms with E-state index in [1.165, 1.54) is 12.1 Å². The first-order valence-corrected chi connectivity index (χ1v) is 5.80. The van der Waals surface area contributed by atoms with Crippen molar-refractivity contribution in [2.75, 3.05) is 6.61 Å². The summed E-state index contributed by atoms with van der Waals surface area (Å²) in [7, 11) is 0. The molecule has 1 aromatic carbocycles.